The number of nitrogens with zero attached hydrogens (tertiary/aromatic N) is 1. The highest BCUT2D eigenvalue weighted by molar-refractivity contribution is 6.12. The fourth-order valence-electron chi connectivity index (χ4n) is 3.65. The summed E-state index contributed by atoms with van der Waals surface area (Å²) >= 11 is 0. The number of anilines is 2. The van der Waals surface area contributed by atoms with E-state index in [0.29, 0.717) is 28.3 Å². The summed E-state index contributed by atoms with van der Waals surface area (Å²) < 4.78 is 10.6. The molecule has 0 aliphatic heterocycles. The van der Waals surface area contributed by atoms with Gasteiger partial charge in [-0.05, 0) is 66.2 Å². The van der Waals surface area contributed by atoms with Crippen molar-refractivity contribution in [2.75, 3.05) is 24.4 Å². The molecular formula is C30H26N2O5. The van der Waals surface area contributed by atoms with Gasteiger partial charge < -0.3 is 19.7 Å². The summed E-state index contributed by atoms with van der Waals surface area (Å²) in [6.07, 6.45) is 0. The molecule has 0 heterocycles. The van der Waals surface area contributed by atoms with Gasteiger partial charge in [0.15, 0.2) is 0 Å². The summed E-state index contributed by atoms with van der Waals surface area (Å²) in [7, 11) is 3.24. The number of hydrogen-bond donors (Lipinski definition) is 1. The molecular weight excluding hydrogens is 468 g/mol. The lowest BCUT2D eigenvalue weighted by Gasteiger charge is -2.18. The molecule has 0 aromatic heterocycles. The van der Waals surface area contributed by atoms with Crippen molar-refractivity contribution >= 4 is 29.2 Å². The molecule has 37 heavy (non-hydrogen) atoms. The van der Waals surface area contributed by atoms with E-state index in [4.69, 9.17) is 9.47 Å². The lowest BCUT2D eigenvalue weighted by molar-refractivity contribution is 0.0469. The van der Waals surface area contributed by atoms with Gasteiger partial charge in [-0.15, -0.1) is 0 Å². The number of esters is 1. The SMILES string of the molecule is COc1ccc(NC(=O)c2ccc(COC(=O)c3ccccc3C(=O)N(C)c3ccccc3)cc2)cc1. The van der Waals surface area contributed by atoms with Gasteiger partial charge >= 0.3 is 5.97 Å². The van der Waals surface area contributed by atoms with E-state index in [-0.39, 0.29) is 29.5 Å². The number of carbonyl (C=O) groups is 3. The maximum absolute atomic E-state index is 13.1. The van der Waals surface area contributed by atoms with E-state index in [2.05, 4.69) is 5.32 Å². The first-order valence-electron chi connectivity index (χ1n) is 11.6. The third-order valence-corrected chi connectivity index (χ3v) is 5.76. The minimum absolute atomic E-state index is 0.00371. The molecule has 7 heteroatoms. The first kappa shape index (κ1) is 25.2. The van der Waals surface area contributed by atoms with Gasteiger partial charge in [-0.25, -0.2) is 4.79 Å². The van der Waals surface area contributed by atoms with Gasteiger partial charge in [0, 0.05) is 24.0 Å². The van der Waals surface area contributed by atoms with Crippen LogP contribution in [0.5, 0.6) is 5.75 Å². The first-order chi connectivity index (χ1) is 18.0. The minimum Gasteiger partial charge on any atom is -0.497 e. The Kier molecular flexibility index (Phi) is 7.95. The Bertz CT molecular complexity index is 1380. The van der Waals surface area contributed by atoms with Gasteiger partial charge in [0.05, 0.1) is 18.2 Å². The minimum atomic E-state index is -0.605. The Hall–Kier alpha value is -4.91. The standard InChI is InChI=1S/C30H26N2O5/c1-32(24-8-4-3-5-9-24)29(34)26-10-6-7-11-27(26)30(35)37-20-21-12-14-22(15-13-21)28(33)31-23-16-18-25(36-2)19-17-23/h3-19H,20H2,1-2H3,(H,31,33). The van der Waals surface area contributed by atoms with E-state index >= 15 is 0 Å². The van der Waals surface area contributed by atoms with Crippen LogP contribution in [0.1, 0.15) is 36.6 Å². The van der Waals surface area contributed by atoms with Gasteiger partial charge in [0.2, 0.25) is 0 Å². The van der Waals surface area contributed by atoms with E-state index in [1.54, 1.807) is 87.0 Å². The lowest BCUT2D eigenvalue weighted by Crippen LogP contribution is -2.28. The largest absolute Gasteiger partial charge is 0.497 e. The number of carbonyl (C=O) groups excluding carboxylic acids is 3. The predicted octanol–water partition coefficient (Wildman–Crippen LogP) is 5.58. The van der Waals surface area contributed by atoms with Crippen molar-refractivity contribution in [3.05, 3.63) is 125 Å². The number of methoxy groups -OCH3 is 1. The monoisotopic (exact) mass is 494 g/mol. The van der Waals surface area contributed by atoms with Crippen molar-refractivity contribution in [3.63, 3.8) is 0 Å². The molecule has 0 unspecified atom stereocenters. The Morgan fingerprint density at radius 3 is 2.03 bits per heavy atom. The number of rotatable bonds is 8. The van der Waals surface area contributed by atoms with Crippen LogP contribution in [0.2, 0.25) is 0 Å². The lowest BCUT2D eigenvalue weighted by atomic mass is 10.1. The number of ether oxygens (including phenoxy) is 2. The maximum atomic E-state index is 13.1. The van der Waals surface area contributed by atoms with Gasteiger partial charge in [0.25, 0.3) is 11.8 Å². The fraction of sp³-hybridized carbons (Fsp3) is 0.100. The van der Waals surface area contributed by atoms with E-state index in [1.807, 2.05) is 30.3 Å². The summed E-state index contributed by atoms with van der Waals surface area (Å²) in [6.45, 7) is -0.00371. The van der Waals surface area contributed by atoms with E-state index in [0.717, 1.165) is 0 Å². The van der Waals surface area contributed by atoms with E-state index in [1.165, 1.54) is 4.90 Å². The van der Waals surface area contributed by atoms with Crippen LogP contribution in [0, 0.1) is 0 Å². The molecule has 0 aliphatic carbocycles. The molecule has 0 saturated carbocycles. The molecule has 0 atom stereocenters. The van der Waals surface area contributed by atoms with Gasteiger partial charge in [-0.2, -0.15) is 0 Å². The summed E-state index contributed by atoms with van der Waals surface area (Å²) in [6, 6.07) is 29.6. The van der Waals surface area contributed by atoms with Crippen LogP contribution in [0.25, 0.3) is 0 Å². The highest BCUT2D eigenvalue weighted by Crippen LogP contribution is 2.19. The van der Waals surface area contributed by atoms with Crippen LogP contribution in [0.4, 0.5) is 11.4 Å². The van der Waals surface area contributed by atoms with Crippen LogP contribution in [0.3, 0.4) is 0 Å². The van der Waals surface area contributed by atoms with Crippen molar-refractivity contribution < 1.29 is 23.9 Å². The predicted molar refractivity (Wildman–Crippen MR) is 142 cm³/mol. The molecule has 2 amide bonds. The van der Waals surface area contributed by atoms with Crippen molar-refractivity contribution in [1.82, 2.24) is 0 Å². The van der Waals surface area contributed by atoms with Crippen LogP contribution >= 0.6 is 0 Å². The molecule has 4 aromatic rings. The van der Waals surface area contributed by atoms with Gasteiger partial charge in [-0.3, -0.25) is 9.59 Å². The van der Waals surface area contributed by atoms with Crippen molar-refractivity contribution in [3.8, 4) is 5.75 Å². The molecule has 4 aromatic carbocycles. The highest BCUT2D eigenvalue weighted by Gasteiger charge is 2.21. The molecule has 0 fully saturated rings. The Balaban J connectivity index is 1.38. The smallest absolute Gasteiger partial charge is 0.339 e. The molecule has 0 bridgehead atoms. The van der Waals surface area contributed by atoms with Gasteiger partial charge in [0.1, 0.15) is 12.4 Å². The summed E-state index contributed by atoms with van der Waals surface area (Å²) in [5.74, 6) is -0.478. The van der Waals surface area contributed by atoms with Gasteiger partial charge in [-0.1, -0.05) is 42.5 Å². The van der Waals surface area contributed by atoms with E-state index < -0.39 is 5.97 Å². The maximum Gasteiger partial charge on any atom is 0.339 e. The Morgan fingerprint density at radius 1 is 0.757 bits per heavy atom. The van der Waals surface area contributed by atoms with Crippen LogP contribution < -0.4 is 15.0 Å². The quantitative estimate of drug-likeness (QED) is 0.323. The Morgan fingerprint density at radius 2 is 1.38 bits per heavy atom. The summed E-state index contributed by atoms with van der Waals surface area (Å²) in [4.78, 5) is 40.0. The third-order valence-electron chi connectivity index (χ3n) is 5.76. The molecule has 0 aliphatic rings. The zero-order chi connectivity index (χ0) is 26.2. The number of benzene rings is 4. The number of amides is 2. The zero-order valence-corrected chi connectivity index (χ0v) is 20.5. The van der Waals surface area contributed by atoms with Crippen LogP contribution in [-0.4, -0.2) is 31.9 Å². The normalized spacial score (nSPS) is 10.3. The average Bonchev–Trinajstić information content (AvgIpc) is 2.96. The zero-order valence-electron chi connectivity index (χ0n) is 20.5. The molecule has 0 radical (unpaired) electrons. The number of nitrogens with one attached hydrogen (secondary N) is 1. The van der Waals surface area contributed by atoms with Crippen molar-refractivity contribution in [1.29, 1.82) is 0 Å². The highest BCUT2D eigenvalue weighted by atomic mass is 16.5. The summed E-state index contributed by atoms with van der Waals surface area (Å²) in [5, 5.41) is 2.82. The van der Waals surface area contributed by atoms with Crippen molar-refractivity contribution in [2.45, 2.75) is 6.61 Å². The van der Waals surface area contributed by atoms with E-state index in [9.17, 15) is 14.4 Å². The topological polar surface area (TPSA) is 84.9 Å². The molecule has 1 N–H and O–H groups in total. The summed E-state index contributed by atoms with van der Waals surface area (Å²) in [5.41, 5.74) is 2.97. The Labute approximate surface area is 215 Å². The molecule has 0 spiro atoms. The number of hydrogen-bond acceptors (Lipinski definition) is 5. The fourth-order valence-corrected chi connectivity index (χ4v) is 3.65. The van der Waals surface area contributed by atoms with Crippen LogP contribution in [0.15, 0.2) is 103 Å². The first-order valence-corrected chi connectivity index (χ1v) is 11.6. The molecule has 0 saturated heterocycles. The molecule has 7 nitrogen and oxygen atoms in total. The third kappa shape index (κ3) is 6.21. The molecule has 186 valence electrons. The second-order valence-electron chi connectivity index (χ2n) is 8.20. The second kappa shape index (κ2) is 11.7. The average molecular weight is 495 g/mol. The van der Waals surface area contributed by atoms with Crippen molar-refractivity contribution in [2.24, 2.45) is 0 Å². The molecule has 4 rings (SSSR count). The second-order valence-corrected chi connectivity index (χ2v) is 8.20. The number of para-hydroxylation sites is 1. The van der Waals surface area contributed by atoms with Crippen LogP contribution in [-0.2, 0) is 11.3 Å².